The number of hydrogen-bond donors (Lipinski definition) is 0. The fourth-order valence-electron chi connectivity index (χ4n) is 2.56. The summed E-state index contributed by atoms with van der Waals surface area (Å²) in [7, 11) is 0. The molecule has 0 amide bonds. The standard InChI is InChI=1S/C18H11BrN2O3/c19-12-5-6-13-11(7-17(22)24-16(13)8-12)9-23-18-14-3-1-2-4-15(14)20-10-21-18/h1-8,10H,9H2. The second-order valence-corrected chi connectivity index (χ2v) is 6.13. The first-order valence-corrected chi connectivity index (χ1v) is 8.05. The average Bonchev–Trinajstić information content (AvgIpc) is 2.59. The van der Waals surface area contributed by atoms with Crippen LogP contribution in [0.4, 0.5) is 0 Å². The molecule has 0 unspecified atom stereocenters. The molecule has 0 aliphatic rings. The summed E-state index contributed by atoms with van der Waals surface area (Å²) in [5.41, 5.74) is 1.66. The molecular formula is C18H11BrN2O3. The van der Waals surface area contributed by atoms with Crippen LogP contribution in [0, 0.1) is 0 Å². The minimum atomic E-state index is -0.410. The van der Waals surface area contributed by atoms with Gasteiger partial charge in [-0.1, -0.05) is 28.1 Å². The molecule has 2 aromatic heterocycles. The monoisotopic (exact) mass is 382 g/mol. The molecule has 6 heteroatoms. The highest BCUT2D eigenvalue weighted by molar-refractivity contribution is 9.10. The van der Waals surface area contributed by atoms with Crippen LogP contribution in [0.25, 0.3) is 21.9 Å². The smallest absolute Gasteiger partial charge is 0.336 e. The van der Waals surface area contributed by atoms with Gasteiger partial charge in [-0.25, -0.2) is 14.8 Å². The van der Waals surface area contributed by atoms with Gasteiger partial charge < -0.3 is 9.15 Å². The summed E-state index contributed by atoms with van der Waals surface area (Å²) < 4.78 is 11.9. The van der Waals surface area contributed by atoms with E-state index in [2.05, 4.69) is 25.9 Å². The van der Waals surface area contributed by atoms with Crippen molar-refractivity contribution in [1.29, 1.82) is 0 Å². The fourth-order valence-corrected chi connectivity index (χ4v) is 2.90. The second kappa shape index (κ2) is 6.05. The van der Waals surface area contributed by atoms with Gasteiger partial charge in [-0.3, -0.25) is 0 Å². The number of halogens is 1. The van der Waals surface area contributed by atoms with E-state index >= 15 is 0 Å². The third-order valence-electron chi connectivity index (χ3n) is 3.66. The van der Waals surface area contributed by atoms with E-state index in [1.54, 1.807) is 6.07 Å². The van der Waals surface area contributed by atoms with Crippen molar-refractivity contribution in [2.75, 3.05) is 0 Å². The molecule has 0 spiro atoms. The zero-order valence-corrected chi connectivity index (χ0v) is 14.0. The number of fused-ring (bicyclic) bond motifs is 2. The SMILES string of the molecule is O=c1cc(COc2ncnc3ccccc23)c2ccc(Br)cc2o1. The molecule has 0 saturated heterocycles. The topological polar surface area (TPSA) is 65.2 Å². The van der Waals surface area contributed by atoms with Crippen molar-refractivity contribution in [1.82, 2.24) is 9.97 Å². The minimum absolute atomic E-state index is 0.213. The summed E-state index contributed by atoms with van der Waals surface area (Å²) in [6, 6.07) is 14.6. The van der Waals surface area contributed by atoms with Crippen LogP contribution in [0.1, 0.15) is 5.56 Å². The highest BCUT2D eigenvalue weighted by Gasteiger charge is 2.09. The number of aromatic nitrogens is 2. The van der Waals surface area contributed by atoms with E-state index in [0.717, 1.165) is 26.3 Å². The van der Waals surface area contributed by atoms with Gasteiger partial charge in [0.1, 0.15) is 18.5 Å². The lowest BCUT2D eigenvalue weighted by Crippen LogP contribution is -2.05. The molecule has 2 heterocycles. The van der Waals surface area contributed by atoms with Crippen molar-refractivity contribution < 1.29 is 9.15 Å². The van der Waals surface area contributed by atoms with E-state index in [4.69, 9.17) is 9.15 Å². The van der Waals surface area contributed by atoms with Crippen molar-refractivity contribution in [2.45, 2.75) is 6.61 Å². The van der Waals surface area contributed by atoms with E-state index in [0.29, 0.717) is 11.5 Å². The van der Waals surface area contributed by atoms with Gasteiger partial charge >= 0.3 is 5.63 Å². The molecule has 4 rings (SSSR count). The number of rotatable bonds is 3. The van der Waals surface area contributed by atoms with Crippen LogP contribution in [0.2, 0.25) is 0 Å². The maximum absolute atomic E-state index is 11.8. The van der Waals surface area contributed by atoms with E-state index in [1.165, 1.54) is 12.4 Å². The number of nitrogens with zero attached hydrogens (tertiary/aromatic N) is 2. The van der Waals surface area contributed by atoms with Crippen LogP contribution in [-0.4, -0.2) is 9.97 Å². The van der Waals surface area contributed by atoms with E-state index < -0.39 is 5.63 Å². The number of ether oxygens (including phenoxy) is 1. The van der Waals surface area contributed by atoms with Gasteiger partial charge in [0.2, 0.25) is 5.88 Å². The molecule has 0 atom stereocenters. The van der Waals surface area contributed by atoms with Gasteiger partial charge in [-0.05, 0) is 30.3 Å². The third-order valence-corrected chi connectivity index (χ3v) is 4.16. The molecule has 4 aromatic rings. The average molecular weight is 383 g/mol. The summed E-state index contributed by atoms with van der Waals surface area (Å²) >= 11 is 3.37. The predicted octanol–water partition coefficient (Wildman–Crippen LogP) is 4.08. The van der Waals surface area contributed by atoms with Gasteiger partial charge in [0.15, 0.2) is 0 Å². The van der Waals surface area contributed by atoms with E-state index in [1.807, 2.05) is 36.4 Å². The van der Waals surface area contributed by atoms with Gasteiger partial charge in [-0.15, -0.1) is 0 Å². The molecule has 2 aromatic carbocycles. The molecule has 0 N–H and O–H groups in total. The Morgan fingerprint density at radius 1 is 1.04 bits per heavy atom. The highest BCUT2D eigenvalue weighted by Crippen LogP contribution is 2.25. The van der Waals surface area contributed by atoms with Crippen molar-refractivity contribution >= 4 is 37.8 Å². The quantitative estimate of drug-likeness (QED) is 0.499. The Bertz CT molecular complexity index is 1100. The van der Waals surface area contributed by atoms with Gasteiger partial charge in [0.25, 0.3) is 0 Å². The predicted molar refractivity (Wildman–Crippen MR) is 94.1 cm³/mol. The first-order valence-electron chi connectivity index (χ1n) is 7.25. The molecule has 0 aliphatic carbocycles. The molecule has 118 valence electrons. The van der Waals surface area contributed by atoms with Gasteiger partial charge in [0.05, 0.1) is 10.9 Å². The first kappa shape index (κ1) is 14.8. The lowest BCUT2D eigenvalue weighted by Gasteiger charge is -2.09. The first-order chi connectivity index (χ1) is 11.7. The molecule has 0 bridgehead atoms. The lowest BCUT2D eigenvalue weighted by atomic mass is 10.1. The summed E-state index contributed by atoms with van der Waals surface area (Å²) in [6.45, 7) is 0.213. The molecule has 0 fully saturated rings. The van der Waals surface area contributed by atoms with Crippen LogP contribution >= 0.6 is 15.9 Å². The van der Waals surface area contributed by atoms with E-state index in [9.17, 15) is 4.79 Å². The van der Waals surface area contributed by atoms with Crippen molar-refractivity contribution in [3.8, 4) is 5.88 Å². The van der Waals surface area contributed by atoms with Gasteiger partial charge in [-0.2, -0.15) is 0 Å². The Kier molecular flexibility index (Phi) is 3.74. The van der Waals surface area contributed by atoms with Crippen LogP contribution < -0.4 is 10.4 Å². The summed E-state index contributed by atoms with van der Waals surface area (Å²) in [6.07, 6.45) is 1.46. The summed E-state index contributed by atoms with van der Waals surface area (Å²) in [4.78, 5) is 20.2. The fraction of sp³-hybridized carbons (Fsp3) is 0.0556. The normalized spacial score (nSPS) is 11.0. The number of para-hydroxylation sites is 1. The van der Waals surface area contributed by atoms with Gasteiger partial charge in [0, 0.05) is 21.5 Å². The van der Waals surface area contributed by atoms with E-state index in [-0.39, 0.29) is 6.61 Å². The molecule has 0 aliphatic heterocycles. The highest BCUT2D eigenvalue weighted by atomic mass is 79.9. The summed E-state index contributed by atoms with van der Waals surface area (Å²) in [5, 5.41) is 1.66. The second-order valence-electron chi connectivity index (χ2n) is 5.22. The number of benzene rings is 2. The Hall–Kier alpha value is -2.73. The van der Waals surface area contributed by atoms with Crippen molar-refractivity contribution in [3.05, 3.63) is 75.3 Å². The maximum atomic E-state index is 11.8. The lowest BCUT2D eigenvalue weighted by molar-refractivity contribution is 0.298. The molecule has 0 radical (unpaired) electrons. The van der Waals surface area contributed by atoms with Crippen LogP contribution in [0.3, 0.4) is 0 Å². The molecule has 0 saturated carbocycles. The minimum Gasteiger partial charge on any atom is -0.472 e. The Labute approximate surface area is 145 Å². The van der Waals surface area contributed by atoms with Crippen LogP contribution in [0.5, 0.6) is 5.88 Å². The molecular weight excluding hydrogens is 372 g/mol. The molecule has 24 heavy (non-hydrogen) atoms. The van der Waals surface area contributed by atoms with Crippen LogP contribution in [0.15, 0.2) is 68.5 Å². The Balaban J connectivity index is 1.73. The van der Waals surface area contributed by atoms with Crippen molar-refractivity contribution in [3.63, 3.8) is 0 Å². The van der Waals surface area contributed by atoms with Crippen LogP contribution in [-0.2, 0) is 6.61 Å². The number of hydrogen-bond acceptors (Lipinski definition) is 5. The Morgan fingerprint density at radius 3 is 2.83 bits per heavy atom. The van der Waals surface area contributed by atoms with Crippen molar-refractivity contribution in [2.24, 2.45) is 0 Å². The zero-order valence-electron chi connectivity index (χ0n) is 12.4. The maximum Gasteiger partial charge on any atom is 0.336 e. The zero-order chi connectivity index (χ0) is 16.5. The Morgan fingerprint density at radius 2 is 1.92 bits per heavy atom. The summed E-state index contributed by atoms with van der Waals surface area (Å²) in [5.74, 6) is 0.485. The third kappa shape index (κ3) is 2.76. The molecule has 5 nitrogen and oxygen atoms in total. The largest absolute Gasteiger partial charge is 0.472 e.